The molecule has 0 saturated carbocycles. The first-order chi connectivity index (χ1) is 8.95. The van der Waals surface area contributed by atoms with Crippen LogP contribution in [0.5, 0.6) is 0 Å². The monoisotopic (exact) mass is 362 g/mol. The van der Waals surface area contributed by atoms with Gasteiger partial charge in [-0.15, -0.1) is 0 Å². The largest absolute Gasteiger partial charge is 0.398 e. The van der Waals surface area contributed by atoms with E-state index in [-0.39, 0.29) is 16.2 Å². The Morgan fingerprint density at radius 1 is 1.35 bits per heavy atom. The van der Waals surface area contributed by atoms with E-state index < -0.39 is 10.0 Å². The average molecular weight is 363 g/mol. The van der Waals surface area contributed by atoms with Gasteiger partial charge in [0.25, 0.3) is 0 Å². The summed E-state index contributed by atoms with van der Waals surface area (Å²) >= 11 is 3.28. The van der Waals surface area contributed by atoms with Crippen molar-refractivity contribution in [3.05, 3.63) is 22.2 Å². The van der Waals surface area contributed by atoms with Crippen LogP contribution in [-0.2, 0) is 10.0 Å². The van der Waals surface area contributed by atoms with Crippen LogP contribution in [0.4, 0.5) is 5.69 Å². The predicted molar refractivity (Wildman–Crippen MR) is 87.1 cm³/mol. The second-order valence-corrected chi connectivity index (χ2v) is 8.89. The molecule has 0 saturated heterocycles. The molecule has 3 N–H and O–H groups in total. The fraction of sp³-hybridized carbons (Fsp3) is 0.571. The number of nitrogens with two attached hydrogens (primary N) is 1. The lowest BCUT2D eigenvalue weighted by molar-refractivity contribution is 0.263. The van der Waals surface area contributed by atoms with Crippen molar-refractivity contribution >= 4 is 31.6 Å². The van der Waals surface area contributed by atoms with E-state index in [1.165, 1.54) is 0 Å². The summed E-state index contributed by atoms with van der Waals surface area (Å²) in [4.78, 5) is 0.227. The number of sulfonamides is 1. The number of benzene rings is 1. The maximum atomic E-state index is 12.4. The van der Waals surface area contributed by atoms with E-state index in [9.17, 15) is 8.42 Å². The van der Waals surface area contributed by atoms with Gasteiger partial charge in [-0.05, 0) is 36.0 Å². The van der Waals surface area contributed by atoms with E-state index >= 15 is 0 Å². The molecular formula is C14H23BrN2O2S. The smallest absolute Gasteiger partial charge is 0.240 e. The number of nitrogens with one attached hydrogen (secondary N) is 1. The van der Waals surface area contributed by atoms with Gasteiger partial charge in [0.05, 0.1) is 4.90 Å². The van der Waals surface area contributed by atoms with Crippen molar-refractivity contribution in [2.24, 2.45) is 11.3 Å². The molecule has 6 heteroatoms. The average Bonchev–Trinajstić information content (AvgIpc) is 2.29. The van der Waals surface area contributed by atoms with Gasteiger partial charge in [-0.3, -0.25) is 0 Å². The van der Waals surface area contributed by atoms with E-state index in [2.05, 4.69) is 41.4 Å². The minimum Gasteiger partial charge on any atom is -0.398 e. The summed E-state index contributed by atoms with van der Waals surface area (Å²) in [5.74, 6) is 0.224. The highest BCUT2D eigenvalue weighted by Crippen LogP contribution is 2.28. The molecule has 20 heavy (non-hydrogen) atoms. The first-order valence-electron chi connectivity index (χ1n) is 6.50. The lowest BCUT2D eigenvalue weighted by Crippen LogP contribution is -2.34. The van der Waals surface area contributed by atoms with Crippen molar-refractivity contribution < 1.29 is 8.42 Å². The molecule has 1 rings (SSSR count). The van der Waals surface area contributed by atoms with Crippen LogP contribution in [0.15, 0.2) is 21.5 Å². The summed E-state index contributed by atoms with van der Waals surface area (Å²) < 4.78 is 28.1. The highest BCUT2D eigenvalue weighted by Gasteiger charge is 2.24. The van der Waals surface area contributed by atoms with E-state index in [4.69, 9.17) is 5.73 Å². The van der Waals surface area contributed by atoms with Crippen molar-refractivity contribution in [2.45, 2.75) is 39.5 Å². The Kier molecular flexibility index (Phi) is 5.27. The van der Waals surface area contributed by atoms with Crippen LogP contribution in [-0.4, -0.2) is 15.0 Å². The summed E-state index contributed by atoms with van der Waals surface area (Å²) in [7, 11) is -3.55. The Morgan fingerprint density at radius 2 is 1.90 bits per heavy atom. The van der Waals surface area contributed by atoms with Crippen LogP contribution in [0.1, 0.15) is 33.3 Å². The number of anilines is 1. The molecule has 1 aromatic carbocycles. The zero-order valence-electron chi connectivity index (χ0n) is 12.6. The number of hydrogen-bond acceptors (Lipinski definition) is 3. The van der Waals surface area contributed by atoms with Gasteiger partial charge in [0.15, 0.2) is 0 Å². The van der Waals surface area contributed by atoms with Gasteiger partial charge >= 0.3 is 0 Å². The molecule has 0 aliphatic rings. The SMILES string of the molecule is Cc1c(N)cc(Br)cc1S(=O)(=O)NCC(C)C(C)(C)C. The van der Waals surface area contributed by atoms with Crippen LogP contribution in [0, 0.1) is 18.3 Å². The highest BCUT2D eigenvalue weighted by molar-refractivity contribution is 9.10. The molecule has 0 aliphatic heterocycles. The Labute approximate surface area is 130 Å². The molecule has 0 radical (unpaired) electrons. The Morgan fingerprint density at radius 3 is 2.40 bits per heavy atom. The van der Waals surface area contributed by atoms with Gasteiger partial charge in [-0.2, -0.15) is 0 Å². The number of halogens is 1. The van der Waals surface area contributed by atoms with Gasteiger partial charge in [-0.1, -0.05) is 43.6 Å². The van der Waals surface area contributed by atoms with Crippen molar-refractivity contribution in [1.82, 2.24) is 4.72 Å². The molecule has 0 fully saturated rings. The van der Waals surface area contributed by atoms with Crippen molar-refractivity contribution in [1.29, 1.82) is 0 Å². The van der Waals surface area contributed by atoms with Crippen LogP contribution < -0.4 is 10.5 Å². The van der Waals surface area contributed by atoms with Gasteiger partial charge in [0, 0.05) is 16.7 Å². The van der Waals surface area contributed by atoms with Gasteiger partial charge < -0.3 is 5.73 Å². The molecule has 4 nitrogen and oxygen atoms in total. The summed E-state index contributed by atoms with van der Waals surface area (Å²) in [6.07, 6.45) is 0. The normalized spacial score (nSPS) is 14.3. The Balaban J connectivity index is 3.02. The second-order valence-electron chi connectivity index (χ2n) is 6.24. The molecule has 0 amide bonds. The summed E-state index contributed by atoms with van der Waals surface area (Å²) in [5.41, 5.74) is 6.91. The minimum absolute atomic E-state index is 0.0495. The lowest BCUT2D eigenvalue weighted by atomic mass is 9.82. The lowest BCUT2D eigenvalue weighted by Gasteiger charge is -2.27. The fourth-order valence-corrected chi connectivity index (χ4v) is 3.63. The fourth-order valence-electron chi connectivity index (χ4n) is 1.57. The van der Waals surface area contributed by atoms with E-state index in [0.29, 0.717) is 22.3 Å². The Bertz CT molecular complexity index is 592. The van der Waals surface area contributed by atoms with E-state index in [0.717, 1.165) is 0 Å². The Hall–Kier alpha value is -0.590. The van der Waals surface area contributed by atoms with Gasteiger partial charge in [-0.25, -0.2) is 13.1 Å². The van der Waals surface area contributed by atoms with Crippen molar-refractivity contribution in [3.63, 3.8) is 0 Å². The molecule has 0 spiro atoms. The highest BCUT2D eigenvalue weighted by atomic mass is 79.9. The number of nitrogen functional groups attached to an aromatic ring is 1. The third kappa shape index (κ3) is 4.20. The molecule has 0 aromatic heterocycles. The van der Waals surface area contributed by atoms with Gasteiger partial charge in [0.2, 0.25) is 10.0 Å². The van der Waals surface area contributed by atoms with Crippen LogP contribution in [0.2, 0.25) is 0 Å². The van der Waals surface area contributed by atoms with Crippen molar-refractivity contribution in [3.8, 4) is 0 Å². The van der Waals surface area contributed by atoms with Gasteiger partial charge in [0.1, 0.15) is 0 Å². The second kappa shape index (κ2) is 6.03. The van der Waals surface area contributed by atoms with E-state index in [1.807, 2.05) is 6.92 Å². The molecule has 0 bridgehead atoms. The predicted octanol–water partition coefficient (Wildman–Crippen LogP) is 3.30. The topological polar surface area (TPSA) is 72.2 Å². The first kappa shape index (κ1) is 17.5. The molecular weight excluding hydrogens is 340 g/mol. The zero-order valence-corrected chi connectivity index (χ0v) is 15.0. The van der Waals surface area contributed by atoms with Crippen molar-refractivity contribution in [2.75, 3.05) is 12.3 Å². The summed E-state index contributed by atoms with van der Waals surface area (Å²) in [6, 6.07) is 3.28. The molecule has 0 heterocycles. The maximum absolute atomic E-state index is 12.4. The summed E-state index contributed by atoms with van der Waals surface area (Å²) in [5, 5.41) is 0. The first-order valence-corrected chi connectivity index (χ1v) is 8.78. The maximum Gasteiger partial charge on any atom is 0.240 e. The van der Waals surface area contributed by atoms with Crippen LogP contribution in [0.3, 0.4) is 0 Å². The molecule has 0 aliphatic carbocycles. The number of hydrogen-bond donors (Lipinski definition) is 2. The molecule has 114 valence electrons. The standard InChI is InChI=1S/C14H23BrN2O2S/c1-9(14(3,4)5)8-17-20(18,19)13-7-11(15)6-12(16)10(13)2/h6-7,9,17H,8,16H2,1-5H3. The minimum atomic E-state index is -3.55. The molecule has 1 unspecified atom stereocenters. The molecule has 1 aromatic rings. The molecule has 1 atom stereocenters. The third-order valence-corrected chi connectivity index (χ3v) is 5.72. The quantitative estimate of drug-likeness (QED) is 0.807. The number of rotatable bonds is 4. The summed E-state index contributed by atoms with van der Waals surface area (Å²) in [6.45, 7) is 10.4. The zero-order chi connectivity index (χ0) is 15.7. The van der Waals surface area contributed by atoms with E-state index in [1.54, 1.807) is 19.1 Å². The third-order valence-electron chi connectivity index (χ3n) is 3.71. The van der Waals surface area contributed by atoms with Crippen LogP contribution in [0.25, 0.3) is 0 Å². The van der Waals surface area contributed by atoms with Crippen LogP contribution >= 0.6 is 15.9 Å².